The summed E-state index contributed by atoms with van der Waals surface area (Å²) in [5, 5.41) is 9.71. The summed E-state index contributed by atoms with van der Waals surface area (Å²) in [7, 11) is 0. The number of carbonyl (C=O) groups is 3. The van der Waals surface area contributed by atoms with Crippen LogP contribution in [0.5, 0.6) is 0 Å². The zero-order valence-corrected chi connectivity index (χ0v) is 38.3. The number of carbonyl (C=O) groups excluding carboxylic acids is 2. The Bertz CT molecular complexity index is 1640. The molecule has 2 saturated heterocycles. The number of esters is 1. The number of amides is 1. The molecule has 0 radical (unpaired) electrons. The van der Waals surface area contributed by atoms with Crippen LogP contribution in [-0.4, -0.2) is 97.5 Å². The van der Waals surface area contributed by atoms with Gasteiger partial charge in [0.05, 0.1) is 43.2 Å². The Kier molecular flexibility index (Phi) is 10.6. The molecule has 0 unspecified atom stereocenters. The Hall–Kier alpha value is -1.71. The number of piperidine rings is 1. The maximum Gasteiger partial charge on any atom is 0.309 e. The quantitative estimate of drug-likeness (QED) is 0.230. The van der Waals surface area contributed by atoms with Crippen molar-refractivity contribution in [3.8, 4) is 0 Å². The van der Waals surface area contributed by atoms with Crippen LogP contribution in [0.2, 0.25) is 0 Å². The first-order valence-electron chi connectivity index (χ1n) is 24.5. The van der Waals surface area contributed by atoms with E-state index >= 15 is 4.79 Å². The number of aliphatic carboxylic acids is 1. The van der Waals surface area contributed by atoms with Crippen LogP contribution in [0.3, 0.4) is 0 Å². The number of carboxylic acids is 1. The minimum atomic E-state index is -0.807. The lowest BCUT2D eigenvalue weighted by Crippen LogP contribution is -2.68. The molecule has 0 bridgehead atoms. The third-order valence-corrected chi connectivity index (χ3v) is 21.4. The molecular formula is C50H80N2O7. The van der Waals surface area contributed by atoms with Crippen LogP contribution in [0.1, 0.15) is 152 Å². The first-order chi connectivity index (χ1) is 27.8. The average molecular weight is 821 g/mol. The number of fused-ring (bicyclic) bond motifs is 7. The van der Waals surface area contributed by atoms with E-state index in [-0.39, 0.29) is 51.2 Å². The van der Waals surface area contributed by atoms with E-state index in [2.05, 4.69) is 51.3 Å². The minimum absolute atomic E-state index is 0.143. The first-order valence-corrected chi connectivity index (χ1v) is 24.5. The summed E-state index contributed by atoms with van der Waals surface area (Å²) >= 11 is 0. The monoisotopic (exact) mass is 821 g/mol. The number of carboxylic acid groups (broad SMARTS) is 1. The molecule has 0 aromatic rings. The number of nitrogens with zero attached hydrogens (tertiary/aromatic N) is 2. The van der Waals surface area contributed by atoms with Gasteiger partial charge in [-0.05, 0) is 153 Å². The molecule has 59 heavy (non-hydrogen) atoms. The van der Waals surface area contributed by atoms with Crippen LogP contribution < -0.4 is 0 Å². The normalized spacial score (nSPS) is 46.1. The van der Waals surface area contributed by atoms with Gasteiger partial charge in [0.15, 0.2) is 0 Å². The molecule has 1 amide bonds. The Morgan fingerprint density at radius 1 is 0.678 bits per heavy atom. The fraction of sp³-hybridized carbons (Fsp3) is 0.940. The minimum Gasteiger partial charge on any atom is -0.481 e. The molecule has 9 heteroatoms. The molecule has 1 N–H and O–H groups in total. The number of hydrogen-bond acceptors (Lipinski definition) is 7. The fourth-order valence-electron chi connectivity index (χ4n) is 17.2. The molecule has 332 valence electrons. The first kappa shape index (κ1) is 42.6. The second-order valence-electron chi connectivity index (χ2n) is 24.3. The number of likely N-dealkylation sites (tertiary alicyclic amines) is 1. The molecule has 9 rings (SSSR count). The third kappa shape index (κ3) is 6.46. The Balaban J connectivity index is 0.903. The zero-order chi connectivity index (χ0) is 42.0. The molecule has 9 fully saturated rings. The van der Waals surface area contributed by atoms with Crippen molar-refractivity contribution in [2.45, 2.75) is 164 Å². The van der Waals surface area contributed by atoms with Gasteiger partial charge in [-0.25, -0.2) is 0 Å². The van der Waals surface area contributed by atoms with Crippen LogP contribution in [0.15, 0.2) is 0 Å². The highest BCUT2D eigenvalue weighted by Crippen LogP contribution is 2.79. The van der Waals surface area contributed by atoms with Gasteiger partial charge in [0, 0.05) is 38.1 Å². The molecule has 2 heterocycles. The second-order valence-corrected chi connectivity index (χ2v) is 24.3. The smallest absolute Gasteiger partial charge is 0.309 e. The molecule has 12 atom stereocenters. The Labute approximate surface area is 356 Å². The van der Waals surface area contributed by atoms with Crippen molar-refractivity contribution in [3.05, 3.63) is 0 Å². The van der Waals surface area contributed by atoms with E-state index in [1.807, 2.05) is 13.8 Å². The molecule has 9 nitrogen and oxygen atoms in total. The highest BCUT2D eigenvalue weighted by molar-refractivity contribution is 5.84. The van der Waals surface area contributed by atoms with Crippen LogP contribution in [0.4, 0.5) is 0 Å². The van der Waals surface area contributed by atoms with Crippen molar-refractivity contribution in [2.75, 3.05) is 52.5 Å². The lowest BCUT2D eigenvalue weighted by molar-refractivity contribution is -0.253. The summed E-state index contributed by atoms with van der Waals surface area (Å²) in [5.74, 6) is 1.46. The largest absolute Gasteiger partial charge is 0.481 e. The van der Waals surface area contributed by atoms with Gasteiger partial charge in [0.2, 0.25) is 5.91 Å². The van der Waals surface area contributed by atoms with Crippen molar-refractivity contribution in [3.63, 3.8) is 0 Å². The van der Waals surface area contributed by atoms with Crippen molar-refractivity contribution in [2.24, 2.45) is 79.3 Å². The van der Waals surface area contributed by atoms with Crippen LogP contribution in [-0.2, 0) is 28.6 Å². The maximum absolute atomic E-state index is 15.3. The standard InChI is InChI=1S/C50H80N2O7/c1-44(2)35(41(53)54)31-36(44)42(55)59-39-13-16-47(6)37(45(39,3)4)12-17-49(8)38(47)10-9-34-40-33(46(5)19-20-46)11-18-50(40,22-21-48(34,49)7)43(56)52-23-14-32(15-24-52)58-30-27-51-25-28-57-29-26-51/h32-40H,9-31H2,1-8H3,(H,53,54)/t33-,34-,35+,36-,37+,38-,39+,40-,47+,48-,49-,50+/m1/s1. The number of ether oxygens (including phenoxy) is 3. The lowest BCUT2D eigenvalue weighted by Gasteiger charge is -2.73. The number of morpholine rings is 1. The van der Waals surface area contributed by atoms with Gasteiger partial charge >= 0.3 is 11.9 Å². The van der Waals surface area contributed by atoms with Crippen molar-refractivity contribution >= 4 is 17.8 Å². The lowest BCUT2D eigenvalue weighted by atomic mass is 9.32. The zero-order valence-electron chi connectivity index (χ0n) is 38.3. The summed E-state index contributed by atoms with van der Waals surface area (Å²) in [6.45, 7) is 26.2. The van der Waals surface area contributed by atoms with Gasteiger partial charge in [-0.1, -0.05) is 55.4 Å². The highest BCUT2D eigenvalue weighted by Gasteiger charge is 2.74. The molecule has 0 spiro atoms. The van der Waals surface area contributed by atoms with Gasteiger partial charge in [0.25, 0.3) is 0 Å². The van der Waals surface area contributed by atoms with Crippen molar-refractivity contribution < 1.29 is 33.7 Å². The maximum atomic E-state index is 15.3. The number of rotatable bonds is 9. The molecule has 2 aliphatic heterocycles. The van der Waals surface area contributed by atoms with Crippen LogP contribution in [0.25, 0.3) is 0 Å². The summed E-state index contributed by atoms with van der Waals surface area (Å²) < 4.78 is 18.4. The Morgan fingerprint density at radius 3 is 2.05 bits per heavy atom. The van der Waals surface area contributed by atoms with Gasteiger partial charge in [0.1, 0.15) is 6.10 Å². The third-order valence-electron chi connectivity index (χ3n) is 21.4. The second kappa shape index (κ2) is 14.7. The van der Waals surface area contributed by atoms with Crippen LogP contribution in [0, 0.1) is 79.3 Å². The predicted molar refractivity (Wildman–Crippen MR) is 227 cm³/mol. The average Bonchev–Trinajstić information content (AvgIpc) is 3.80. The topological polar surface area (TPSA) is 106 Å². The summed E-state index contributed by atoms with van der Waals surface area (Å²) in [4.78, 5) is 45.6. The molecule has 9 aliphatic rings. The predicted octanol–water partition coefficient (Wildman–Crippen LogP) is 8.87. The van der Waals surface area contributed by atoms with E-state index in [1.54, 1.807) is 0 Å². The summed E-state index contributed by atoms with van der Waals surface area (Å²) in [5.41, 5.74) is 0.00439. The van der Waals surface area contributed by atoms with E-state index in [0.717, 1.165) is 104 Å². The molecule has 7 aliphatic carbocycles. The molecule has 7 saturated carbocycles. The van der Waals surface area contributed by atoms with E-state index in [0.29, 0.717) is 47.3 Å². The Morgan fingerprint density at radius 2 is 1.39 bits per heavy atom. The van der Waals surface area contributed by atoms with Gasteiger partial charge in [-0.3, -0.25) is 19.3 Å². The van der Waals surface area contributed by atoms with E-state index in [9.17, 15) is 14.7 Å². The SMILES string of the molecule is CC1([C@@H]2CC[C@]3(C(=O)N4CCC(OCCN5CCOCC5)CC4)CC[C@]4(C)[C@H](CC[C@@H]5[C@@]6(C)CC[C@H](OC(=O)[C@H]7C[C@@H](C(=O)O)C7(C)C)C(C)(C)[C@@H]6CC[C@]54C)[C@@H]23)CC1. The highest BCUT2D eigenvalue weighted by atomic mass is 16.5. The van der Waals surface area contributed by atoms with Crippen LogP contribution >= 0.6 is 0 Å². The summed E-state index contributed by atoms with van der Waals surface area (Å²) in [6.07, 6.45) is 16.4. The van der Waals surface area contributed by atoms with Crippen molar-refractivity contribution in [1.82, 2.24) is 9.80 Å². The molecule has 0 aromatic carbocycles. The van der Waals surface area contributed by atoms with Crippen molar-refractivity contribution in [1.29, 1.82) is 0 Å². The number of hydrogen-bond donors (Lipinski definition) is 1. The summed E-state index contributed by atoms with van der Waals surface area (Å²) in [6, 6.07) is 0. The van der Waals surface area contributed by atoms with Gasteiger partial charge in [-0.2, -0.15) is 0 Å². The van der Waals surface area contributed by atoms with E-state index < -0.39 is 17.3 Å². The fourth-order valence-corrected chi connectivity index (χ4v) is 17.2. The van der Waals surface area contributed by atoms with Gasteiger partial charge in [-0.15, -0.1) is 0 Å². The molecular weight excluding hydrogens is 741 g/mol. The van der Waals surface area contributed by atoms with Gasteiger partial charge < -0.3 is 24.2 Å². The van der Waals surface area contributed by atoms with E-state index in [4.69, 9.17) is 14.2 Å². The van der Waals surface area contributed by atoms with E-state index in [1.165, 1.54) is 38.5 Å². The molecule has 0 aromatic heterocycles.